The Kier molecular flexibility index (Phi) is 3.83. The zero-order valence-electron chi connectivity index (χ0n) is 10.3. The van der Waals surface area contributed by atoms with E-state index in [1.807, 2.05) is 30.3 Å². The molecular weight excluding hydrogens is 210 g/mol. The van der Waals surface area contributed by atoms with E-state index in [1.54, 1.807) is 6.92 Å². The molecule has 1 atom stereocenters. The van der Waals surface area contributed by atoms with Crippen LogP contribution in [0.3, 0.4) is 0 Å². The van der Waals surface area contributed by atoms with Gasteiger partial charge in [-0.1, -0.05) is 42.2 Å². The average Bonchev–Trinajstić information content (AvgIpc) is 2.83. The van der Waals surface area contributed by atoms with E-state index in [9.17, 15) is 5.11 Å². The summed E-state index contributed by atoms with van der Waals surface area (Å²) in [6, 6.07) is 9.60. The minimum absolute atomic E-state index is 0.767. The Morgan fingerprint density at radius 2 is 1.88 bits per heavy atom. The molecule has 0 amide bonds. The first-order valence-electron chi connectivity index (χ1n) is 6.19. The van der Waals surface area contributed by atoms with Crippen molar-refractivity contribution in [2.24, 2.45) is 0 Å². The summed E-state index contributed by atoms with van der Waals surface area (Å²) in [6.45, 7) is 4.80. The van der Waals surface area contributed by atoms with E-state index in [1.165, 1.54) is 12.8 Å². The van der Waals surface area contributed by atoms with Gasteiger partial charge in [0.25, 0.3) is 0 Å². The number of aliphatic hydroxyl groups is 1. The third-order valence-electron chi connectivity index (χ3n) is 3.17. The average molecular weight is 229 g/mol. The van der Waals surface area contributed by atoms with Crippen LogP contribution in [0, 0.1) is 11.8 Å². The van der Waals surface area contributed by atoms with Crippen LogP contribution in [0.25, 0.3) is 0 Å². The van der Waals surface area contributed by atoms with Gasteiger partial charge in [-0.15, -0.1) is 0 Å². The van der Waals surface area contributed by atoms with E-state index in [4.69, 9.17) is 0 Å². The highest BCUT2D eigenvalue weighted by Crippen LogP contribution is 2.18. The summed E-state index contributed by atoms with van der Waals surface area (Å²) < 4.78 is 0. The van der Waals surface area contributed by atoms with Crippen molar-refractivity contribution < 1.29 is 5.11 Å². The minimum Gasteiger partial charge on any atom is -0.374 e. The predicted octanol–water partition coefficient (Wildman–Crippen LogP) is 1.99. The molecule has 17 heavy (non-hydrogen) atoms. The van der Waals surface area contributed by atoms with Crippen LogP contribution in [-0.4, -0.2) is 29.6 Å². The van der Waals surface area contributed by atoms with Crippen molar-refractivity contribution in [3.05, 3.63) is 35.9 Å². The molecule has 1 aromatic rings. The maximum atomic E-state index is 10.3. The lowest BCUT2D eigenvalue weighted by Crippen LogP contribution is -2.21. The summed E-state index contributed by atoms with van der Waals surface area (Å²) in [7, 11) is 0. The topological polar surface area (TPSA) is 23.5 Å². The standard InChI is InChI=1S/C15H19NO/c1-15(17,14-8-3-2-4-9-14)10-7-13-16-11-5-6-12-16/h2-4,8-9,17H,5-6,11-13H2,1H3/t15-/m0/s1. The highest BCUT2D eigenvalue weighted by molar-refractivity contribution is 5.30. The number of nitrogens with zero attached hydrogens (tertiary/aromatic N) is 1. The van der Waals surface area contributed by atoms with E-state index in [0.717, 1.165) is 25.2 Å². The fraction of sp³-hybridized carbons (Fsp3) is 0.467. The third-order valence-corrected chi connectivity index (χ3v) is 3.17. The van der Waals surface area contributed by atoms with E-state index >= 15 is 0 Å². The lowest BCUT2D eigenvalue weighted by molar-refractivity contribution is 0.122. The first-order valence-corrected chi connectivity index (χ1v) is 6.19. The number of benzene rings is 1. The highest BCUT2D eigenvalue weighted by atomic mass is 16.3. The Balaban J connectivity index is 1.99. The van der Waals surface area contributed by atoms with Crippen molar-refractivity contribution in [2.45, 2.75) is 25.4 Å². The Hall–Kier alpha value is -1.30. The number of rotatable bonds is 2. The molecular formula is C15H19NO. The van der Waals surface area contributed by atoms with Crippen LogP contribution in [0.1, 0.15) is 25.3 Å². The van der Waals surface area contributed by atoms with Crippen molar-refractivity contribution in [1.82, 2.24) is 4.90 Å². The van der Waals surface area contributed by atoms with Gasteiger partial charge in [-0.05, 0) is 38.4 Å². The van der Waals surface area contributed by atoms with Gasteiger partial charge in [0.2, 0.25) is 0 Å². The molecule has 0 spiro atoms. The zero-order valence-corrected chi connectivity index (χ0v) is 10.3. The maximum Gasteiger partial charge on any atom is 0.148 e. The maximum absolute atomic E-state index is 10.3. The number of hydrogen-bond acceptors (Lipinski definition) is 2. The van der Waals surface area contributed by atoms with Crippen LogP contribution in [0.5, 0.6) is 0 Å². The zero-order chi connectivity index (χ0) is 12.1. The van der Waals surface area contributed by atoms with Crippen molar-refractivity contribution in [3.8, 4) is 11.8 Å². The van der Waals surface area contributed by atoms with Crippen LogP contribution < -0.4 is 0 Å². The molecule has 0 aromatic heterocycles. The second-order valence-corrected chi connectivity index (χ2v) is 4.72. The van der Waals surface area contributed by atoms with Crippen LogP contribution in [0.4, 0.5) is 0 Å². The first kappa shape index (κ1) is 12.2. The van der Waals surface area contributed by atoms with E-state index in [-0.39, 0.29) is 0 Å². The molecule has 0 bridgehead atoms. The SMILES string of the molecule is C[C@](O)(C#CCN1CCCC1)c1ccccc1. The van der Waals surface area contributed by atoms with Gasteiger partial charge < -0.3 is 5.11 Å². The quantitative estimate of drug-likeness (QED) is 0.784. The van der Waals surface area contributed by atoms with Gasteiger partial charge in [0.1, 0.15) is 5.60 Å². The second kappa shape index (κ2) is 5.35. The van der Waals surface area contributed by atoms with Crippen LogP contribution in [0.2, 0.25) is 0 Å². The minimum atomic E-state index is -1.04. The summed E-state index contributed by atoms with van der Waals surface area (Å²) in [5, 5.41) is 10.3. The lowest BCUT2D eigenvalue weighted by atomic mass is 9.97. The molecule has 0 radical (unpaired) electrons. The van der Waals surface area contributed by atoms with Crippen molar-refractivity contribution in [1.29, 1.82) is 0 Å². The van der Waals surface area contributed by atoms with Gasteiger partial charge in [0.05, 0.1) is 6.54 Å². The Labute approximate surface area is 103 Å². The van der Waals surface area contributed by atoms with E-state index in [0.29, 0.717) is 0 Å². The Bertz CT molecular complexity index is 408. The van der Waals surface area contributed by atoms with Gasteiger partial charge >= 0.3 is 0 Å². The Morgan fingerprint density at radius 3 is 2.53 bits per heavy atom. The molecule has 1 fully saturated rings. The third kappa shape index (κ3) is 3.33. The largest absolute Gasteiger partial charge is 0.374 e. The van der Waals surface area contributed by atoms with Crippen molar-refractivity contribution >= 4 is 0 Å². The molecule has 0 aliphatic carbocycles. The van der Waals surface area contributed by atoms with Crippen LogP contribution >= 0.6 is 0 Å². The summed E-state index contributed by atoms with van der Waals surface area (Å²) in [5.41, 5.74) is -0.185. The molecule has 2 rings (SSSR count). The smallest absolute Gasteiger partial charge is 0.148 e. The molecule has 2 heteroatoms. The van der Waals surface area contributed by atoms with E-state index in [2.05, 4.69) is 16.7 Å². The molecule has 1 aliphatic heterocycles. The summed E-state index contributed by atoms with van der Waals surface area (Å²) in [4.78, 5) is 2.33. The fourth-order valence-electron chi connectivity index (χ4n) is 2.10. The van der Waals surface area contributed by atoms with Crippen molar-refractivity contribution in [2.75, 3.05) is 19.6 Å². The molecule has 1 N–H and O–H groups in total. The second-order valence-electron chi connectivity index (χ2n) is 4.72. The van der Waals surface area contributed by atoms with Gasteiger partial charge in [0, 0.05) is 0 Å². The number of likely N-dealkylation sites (tertiary alicyclic amines) is 1. The molecule has 90 valence electrons. The van der Waals surface area contributed by atoms with Gasteiger partial charge in [-0.25, -0.2) is 0 Å². The first-order chi connectivity index (χ1) is 8.18. The summed E-state index contributed by atoms with van der Waals surface area (Å²) >= 11 is 0. The molecule has 2 nitrogen and oxygen atoms in total. The lowest BCUT2D eigenvalue weighted by Gasteiger charge is -2.17. The summed E-state index contributed by atoms with van der Waals surface area (Å²) in [6.07, 6.45) is 2.55. The molecule has 0 unspecified atom stereocenters. The number of hydrogen-bond donors (Lipinski definition) is 1. The predicted molar refractivity (Wildman–Crippen MR) is 69.5 cm³/mol. The molecule has 1 heterocycles. The van der Waals surface area contributed by atoms with Gasteiger partial charge in [-0.3, -0.25) is 4.90 Å². The molecule has 1 aliphatic rings. The Morgan fingerprint density at radius 1 is 1.24 bits per heavy atom. The molecule has 1 saturated heterocycles. The van der Waals surface area contributed by atoms with Crippen LogP contribution in [-0.2, 0) is 5.60 Å². The van der Waals surface area contributed by atoms with Crippen molar-refractivity contribution in [3.63, 3.8) is 0 Å². The van der Waals surface area contributed by atoms with Crippen LogP contribution in [0.15, 0.2) is 30.3 Å². The summed E-state index contributed by atoms with van der Waals surface area (Å²) in [5.74, 6) is 6.06. The van der Waals surface area contributed by atoms with Gasteiger partial charge in [0.15, 0.2) is 0 Å². The highest BCUT2D eigenvalue weighted by Gasteiger charge is 2.19. The molecule has 0 saturated carbocycles. The van der Waals surface area contributed by atoms with E-state index < -0.39 is 5.60 Å². The normalized spacial score (nSPS) is 19.4. The fourth-order valence-corrected chi connectivity index (χ4v) is 2.10. The monoisotopic (exact) mass is 229 g/mol. The molecule has 1 aromatic carbocycles. The van der Waals surface area contributed by atoms with Gasteiger partial charge in [-0.2, -0.15) is 0 Å².